The SMILES string of the molecule is C=C(C)C(=O)OC(C)O.C=CC(=O)OCC. The molecule has 1 atom stereocenters. The summed E-state index contributed by atoms with van der Waals surface area (Å²) in [4.78, 5) is 20.5. The summed E-state index contributed by atoms with van der Waals surface area (Å²) in [5, 5.41) is 8.49. The quantitative estimate of drug-likeness (QED) is 0.446. The molecule has 0 fully saturated rings. The zero-order chi connectivity index (χ0) is 13.1. The molecule has 0 saturated carbocycles. The van der Waals surface area contributed by atoms with Crippen LogP contribution < -0.4 is 0 Å². The average Bonchev–Trinajstić information content (AvgIpc) is 2.18. The highest BCUT2D eigenvalue weighted by molar-refractivity contribution is 5.86. The van der Waals surface area contributed by atoms with Gasteiger partial charge in [0.2, 0.25) is 0 Å². The summed E-state index contributed by atoms with van der Waals surface area (Å²) in [5.41, 5.74) is 0.288. The molecule has 0 rings (SSSR count). The number of esters is 2. The number of rotatable bonds is 4. The monoisotopic (exact) mass is 230 g/mol. The molecule has 5 nitrogen and oxygen atoms in total. The van der Waals surface area contributed by atoms with Crippen LogP contribution in [-0.4, -0.2) is 29.9 Å². The number of carbonyl (C=O) groups excluding carboxylic acids is 2. The summed E-state index contributed by atoms with van der Waals surface area (Å²) < 4.78 is 8.76. The van der Waals surface area contributed by atoms with Crippen molar-refractivity contribution in [1.29, 1.82) is 0 Å². The number of hydrogen-bond donors (Lipinski definition) is 1. The Hall–Kier alpha value is -1.62. The average molecular weight is 230 g/mol. The fraction of sp³-hybridized carbons (Fsp3) is 0.455. The van der Waals surface area contributed by atoms with Gasteiger partial charge in [0, 0.05) is 11.6 Å². The van der Waals surface area contributed by atoms with Crippen LogP contribution in [-0.2, 0) is 19.1 Å². The first-order valence-corrected chi connectivity index (χ1v) is 4.68. The van der Waals surface area contributed by atoms with E-state index in [1.165, 1.54) is 13.8 Å². The maximum Gasteiger partial charge on any atom is 0.335 e. The standard InChI is InChI=1S/C6H10O3.C5H8O2/c1-4(2)6(8)9-5(3)7;1-3-5(6)7-4-2/h5,7H,1H2,2-3H3;3H,1,4H2,2H3. The molecule has 0 heterocycles. The molecule has 16 heavy (non-hydrogen) atoms. The Bertz CT molecular complexity index is 255. The summed E-state index contributed by atoms with van der Waals surface area (Å²) in [6, 6.07) is 0. The molecule has 0 aromatic heterocycles. The van der Waals surface area contributed by atoms with Gasteiger partial charge in [0.25, 0.3) is 0 Å². The van der Waals surface area contributed by atoms with E-state index in [-0.39, 0.29) is 11.5 Å². The van der Waals surface area contributed by atoms with E-state index in [0.29, 0.717) is 6.61 Å². The Morgan fingerprint density at radius 3 is 2.12 bits per heavy atom. The molecular formula is C11H18O5. The van der Waals surface area contributed by atoms with Crippen LogP contribution in [0.4, 0.5) is 0 Å². The van der Waals surface area contributed by atoms with E-state index in [9.17, 15) is 9.59 Å². The summed E-state index contributed by atoms with van der Waals surface area (Å²) in [6.45, 7) is 11.6. The molecule has 1 N–H and O–H groups in total. The Kier molecular flexibility index (Phi) is 10.4. The minimum atomic E-state index is -1.05. The van der Waals surface area contributed by atoms with Gasteiger partial charge in [0.05, 0.1) is 6.61 Å². The highest BCUT2D eigenvalue weighted by atomic mass is 16.6. The van der Waals surface area contributed by atoms with Crippen LogP contribution in [0.25, 0.3) is 0 Å². The van der Waals surface area contributed by atoms with Gasteiger partial charge in [0.1, 0.15) is 0 Å². The summed E-state index contributed by atoms with van der Waals surface area (Å²) >= 11 is 0. The van der Waals surface area contributed by atoms with Crippen LogP contribution in [0.2, 0.25) is 0 Å². The van der Waals surface area contributed by atoms with Crippen molar-refractivity contribution in [2.24, 2.45) is 0 Å². The predicted octanol–water partition coefficient (Wildman–Crippen LogP) is 1.18. The smallest absolute Gasteiger partial charge is 0.335 e. The lowest BCUT2D eigenvalue weighted by molar-refractivity contribution is -0.159. The van der Waals surface area contributed by atoms with Crippen molar-refractivity contribution in [2.45, 2.75) is 27.1 Å². The molecule has 0 spiro atoms. The Labute approximate surface area is 95.4 Å². The molecule has 0 aromatic carbocycles. The zero-order valence-corrected chi connectivity index (χ0v) is 9.86. The normalized spacial score (nSPS) is 10.2. The molecule has 5 heteroatoms. The first-order chi connectivity index (χ1) is 7.34. The number of aliphatic hydroxyl groups is 1. The van der Waals surface area contributed by atoms with Crippen molar-refractivity contribution in [3.63, 3.8) is 0 Å². The number of aliphatic hydroxyl groups excluding tert-OH is 1. The van der Waals surface area contributed by atoms with Gasteiger partial charge in [-0.2, -0.15) is 0 Å². The van der Waals surface area contributed by atoms with Crippen molar-refractivity contribution in [3.8, 4) is 0 Å². The predicted molar refractivity (Wildman–Crippen MR) is 59.4 cm³/mol. The third-order valence-corrected chi connectivity index (χ3v) is 1.08. The fourth-order valence-corrected chi connectivity index (χ4v) is 0.457. The third-order valence-electron chi connectivity index (χ3n) is 1.08. The van der Waals surface area contributed by atoms with Crippen LogP contribution in [0.3, 0.4) is 0 Å². The van der Waals surface area contributed by atoms with E-state index >= 15 is 0 Å². The topological polar surface area (TPSA) is 72.8 Å². The Morgan fingerprint density at radius 2 is 2.00 bits per heavy atom. The van der Waals surface area contributed by atoms with Gasteiger partial charge < -0.3 is 14.6 Å². The minimum Gasteiger partial charge on any atom is -0.463 e. The first-order valence-electron chi connectivity index (χ1n) is 4.68. The van der Waals surface area contributed by atoms with Gasteiger partial charge in [-0.3, -0.25) is 0 Å². The van der Waals surface area contributed by atoms with E-state index < -0.39 is 12.3 Å². The first kappa shape index (κ1) is 16.8. The van der Waals surface area contributed by atoms with E-state index in [0.717, 1.165) is 6.08 Å². The lowest BCUT2D eigenvalue weighted by Crippen LogP contribution is -2.13. The number of hydrogen-bond acceptors (Lipinski definition) is 5. The molecule has 0 bridgehead atoms. The van der Waals surface area contributed by atoms with Crippen molar-refractivity contribution < 1.29 is 24.2 Å². The van der Waals surface area contributed by atoms with Crippen LogP contribution >= 0.6 is 0 Å². The molecule has 0 aliphatic rings. The van der Waals surface area contributed by atoms with Gasteiger partial charge in [-0.25, -0.2) is 9.59 Å². The van der Waals surface area contributed by atoms with Gasteiger partial charge in [-0.15, -0.1) is 0 Å². The Morgan fingerprint density at radius 1 is 1.50 bits per heavy atom. The zero-order valence-electron chi connectivity index (χ0n) is 9.86. The molecule has 0 aromatic rings. The largest absolute Gasteiger partial charge is 0.463 e. The maximum atomic E-state index is 10.5. The molecule has 0 radical (unpaired) electrons. The highest BCUT2D eigenvalue weighted by Gasteiger charge is 2.04. The molecule has 1 unspecified atom stereocenters. The second-order valence-corrected chi connectivity index (χ2v) is 2.74. The second kappa shape index (κ2) is 9.92. The summed E-state index contributed by atoms with van der Waals surface area (Å²) in [7, 11) is 0. The molecule has 0 saturated heterocycles. The lowest BCUT2D eigenvalue weighted by Gasteiger charge is -2.04. The highest BCUT2D eigenvalue weighted by Crippen LogP contribution is 1.94. The van der Waals surface area contributed by atoms with Crippen molar-refractivity contribution in [3.05, 3.63) is 24.8 Å². The summed E-state index contributed by atoms with van der Waals surface area (Å²) in [6.07, 6.45) is 0.0953. The van der Waals surface area contributed by atoms with Gasteiger partial charge in [0.15, 0.2) is 6.29 Å². The van der Waals surface area contributed by atoms with E-state index in [4.69, 9.17) is 5.11 Å². The molecule has 0 aliphatic heterocycles. The van der Waals surface area contributed by atoms with Crippen molar-refractivity contribution in [1.82, 2.24) is 0 Å². The molecule has 0 amide bonds. The van der Waals surface area contributed by atoms with Gasteiger partial charge in [-0.05, 0) is 20.8 Å². The van der Waals surface area contributed by atoms with Crippen molar-refractivity contribution in [2.75, 3.05) is 6.61 Å². The van der Waals surface area contributed by atoms with E-state index in [1.807, 2.05) is 0 Å². The van der Waals surface area contributed by atoms with Crippen LogP contribution in [0.5, 0.6) is 0 Å². The second-order valence-electron chi connectivity index (χ2n) is 2.74. The Balaban J connectivity index is 0. The van der Waals surface area contributed by atoms with Crippen molar-refractivity contribution >= 4 is 11.9 Å². The number of ether oxygens (including phenoxy) is 2. The summed E-state index contributed by atoms with van der Waals surface area (Å²) in [5.74, 6) is -0.924. The van der Waals surface area contributed by atoms with Gasteiger partial charge in [-0.1, -0.05) is 13.2 Å². The minimum absolute atomic E-state index is 0.288. The lowest BCUT2D eigenvalue weighted by atomic mass is 10.4. The fourth-order valence-electron chi connectivity index (χ4n) is 0.457. The molecule has 0 aliphatic carbocycles. The van der Waals surface area contributed by atoms with Crippen LogP contribution in [0, 0.1) is 0 Å². The van der Waals surface area contributed by atoms with Gasteiger partial charge >= 0.3 is 11.9 Å². The van der Waals surface area contributed by atoms with E-state index in [1.54, 1.807) is 6.92 Å². The number of carbonyl (C=O) groups is 2. The molecular weight excluding hydrogens is 212 g/mol. The van der Waals surface area contributed by atoms with Crippen LogP contribution in [0.1, 0.15) is 20.8 Å². The maximum absolute atomic E-state index is 10.5. The third kappa shape index (κ3) is 12.4. The van der Waals surface area contributed by atoms with Crippen LogP contribution in [0.15, 0.2) is 24.8 Å². The molecule has 92 valence electrons. The van der Waals surface area contributed by atoms with E-state index in [2.05, 4.69) is 22.6 Å².